The average molecular weight is 288 g/mol. The van der Waals surface area contributed by atoms with Crippen molar-refractivity contribution in [2.24, 2.45) is 22.7 Å². The first-order valence-corrected chi connectivity index (χ1v) is 8.73. The van der Waals surface area contributed by atoms with Crippen LogP contribution in [0.2, 0.25) is 0 Å². The molecule has 4 fully saturated rings. The van der Waals surface area contributed by atoms with Crippen molar-refractivity contribution in [1.29, 1.82) is 0 Å². The van der Waals surface area contributed by atoms with E-state index in [9.17, 15) is 5.11 Å². The Balaban J connectivity index is 1.67. The highest BCUT2D eigenvalue weighted by Gasteiger charge is 2.58. The molecule has 0 radical (unpaired) electrons. The number of hydrogen-bond donors (Lipinski definition) is 1. The highest BCUT2D eigenvalue weighted by Crippen LogP contribution is 2.68. The molecule has 3 atom stereocenters. The van der Waals surface area contributed by atoms with Crippen molar-refractivity contribution in [2.45, 2.75) is 71.4 Å². The molecule has 4 bridgehead atoms. The highest BCUT2D eigenvalue weighted by atomic mass is 16.3. The molecule has 1 aromatic heterocycles. The highest BCUT2D eigenvalue weighted by molar-refractivity contribution is 5.16. The summed E-state index contributed by atoms with van der Waals surface area (Å²) in [5.74, 6) is 1.71. The number of aryl methyl sites for hydroxylation is 1. The van der Waals surface area contributed by atoms with Crippen LogP contribution < -0.4 is 0 Å². The molecule has 0 aromatic carbocycles. The summed E-state index contributed by atoms with van der Waals surface area (Å²) in [6, 6.07) is 2.04. The van der Waals surface area contributed by atoms with Crippen LogP contribution in [0.3, 0.4) is 0 Å². The molecule has 4 aliphatic carbocycles. The van der Waals surface area contributed by atoms with Gasteiger partial charge in [-0.1, -0.05) is 13.8 Å². The van der Waals surface area contributed by atoms with E-state index in [-0.39, 0.29) is 11.5 Å². The summed E-state index contributed by atoms with van der Waals surface area (Å²) in [4.78, 5) is 0. The van der Waals surface area contributed by atoms with Crippen molar-refractivity contribution in [3.8, 4) is 0 Å². The third kappa shape index (κ3) is 2.08. The Morgan fingerprint density at radius 3 is 2.67 bits per heavy atom. The topological polar surface area (TPSA) is 38.0 Å². The molecule has 3 unspecified atom stereocenters. The fraction of sp³-hybridized carbons (Fsp3) is 0.833. The van der Waals surface area contributed by atoms with E-state index in [1.807, 2.05) is 16.9 Å². The Hall–Kier alpha value is -0.830. The molecule has 0 aliphatic heterocycles. The zero-order valence-corrected chi connectivity index (χ0v) is 13.4. The van der Waals surface area contributed by atoms with Gasteiger partial charge in [0.05, 0.1) is 5.69 Å². The Morgan fingerprint density at radius 2 is 2.05 bits per heavy atom. The Labute approximate surface area is 127 Å². The minimum Gasteiger partial charge on any atom is -0.386 e. The van der Waals surface area contributed by atoms with Crippen LogP contribution in [0.15, 0.2) is 12.3 Å². The molecular weight excluding hydrogens is 260 g/mol. The molecule has 4 saturated carbocycles. The molecule has 0 spiro atoms. The quantitative estimate of drug-likeness (QED) is 0.911. The zero-order valence-electron chi connectivity index (χ0n) is 13.4. The molecule has 3 heteroatoms. The minimum absolute atomic E-state index is 0.129. The van der Waals surface area contributed by atoms with Gasteiger partial charge in [0.25, 0.3) is 0 Å². The summed E-state index contributed by atoms with van der Waals surface area (Å²) < 4.78 is 2.03. The standard InChI is InChI=1S/C18H28N2O/c1-3-6-20-15(4-5-19-20)16(21)18-10-13-7-14(11-18)9-17(2,8-13)12-18/h4-5,13-14,16,21H,3,6-12H2,1-2H3. The van der Waals surface area contributed by atoms with Gasteiger partial charge in [-0.05, 0) is 68.3 Å². The Kier molecular flexibility index (Phi) is 3.01. The lowest BCUT2D eigenvalue weighted by Crippen LogP contribution is -2.53. The summed E-state index contributed by atoms with van der Waals surface area (Å²) in [7, 11) is 0. The molecule has 116 valence electrons. The molecule has 5 rings (SSSR count). The summed E-state index contributed by atoms with van der Waals surface area (Å²) in [5.41, 5.74) is 1.67. The maximum absolute atomic E-state index is 11.2. The van der Waals surface area contributed by atoms with Gasteiger partial charge in [0, 0.05) is 18.2 Å². The summed E-state index contributed by atoms with van der Waals surface area (Å²) in [5, 5.41) is 15.7. The van der Waals surface area contributed by atoms with Gasteiger partial charge in [-0.3, -0.25) is 4.68 Å². The lowest BCUT2D eigenvalue weighted by atomic mass is 9.43. The first kappa shape index (κ1) is 13.8. The van der Waals surface area contributed by atoms with E-state index in [4.69, 9.17) is 0 Å². The van der Waals surface area contributed by atoms with Gasteiger partial charge < -0.3 is 5.11 Å². The first-order valence-electron chi connectivity index (χ1n) is 8.73. The van der Waals surface area contributed by atoms with Gasteiger partial charge in [-0.2, -0.15) is 5.10 Å². The predicted octanol–water partition coefficient (Wildman–Crippen LogP) is 3.93. The first-order chi connectivity index (χ1) is 10.0. The van der Waals surface area contributed by atoms with Crippen LogP contribution >= 0.6 is 0 Å². The lowest BCUT2D eigenvalue weighted by Gasteiger charge is -2.62. The summed E-state index contributed by atoms with van der Waals surface area (Å²) in [6.45, 7) is 5.55. The summed E-state index contributed by atoms with van der Waals surface area (Å²) >= 11 is 0. The molecular formula is C18H28N2O. The monoisotopic (exact) mass is 288 g/mol. The van der Waals surface area contributed by atoms with Crippen LogP contribution in [0.5, 0.6) is 0 Å². The summed E-state index contributed by atoms with van der Waals surface area (Å²) in [6.07, 6.45) is 10.5. The molecule has 0 amide bonds. The van der Waals surface area contributed by atoms with E-state index in [0.717, 1.165) is 30.5 Å². The predicted molar refractivity (Wildman–Crippen MR) is 82.7 cm³/mol. The van der Waals surface area contributed by atoms with E-state index >= 15 is 0 Å². The molecule has 4 aliphatic rings. The third-order valence-electron chi connectivity index (χ3n) is 6.44. The second kappa shape index (κ2) is 4.58. The second-order valence-electron chi connectivity index (χ2n) is 8.52. The molecule has 1 heterocycles. The molecule has 3 nitrogen and oxygen atoms in total. The van der Waals surface area contributed by atoms with Crippen LogP contribution in [0.4, 0.5) is 0 Å². The van der Waals surface area contributed by atoms with E-state index in [0.29, 0.717) is 5.41 Å². The van der Waals surface area contributed by atoms with Gasteiger partial charge in [-0.15, -0.1) is 0 Å². The number of nitrogens with zero attached hydrogens (tertiary/aromatic N) is 2. The van der Waals surface area contributed by atoms with Gasteiger partial charge in [0.2, 0.25) is 0 Å². The van der Waals surface area contributed by atoms with E-state index in [1.54, 1.807) is 0 Å². The van der Waals surface area contributed by atoms with Gasteiger partial charge >= 0.3 is 0 Å². The fourth-order valence-electron chi connectivity index (χ4n) is 6.41. The van der Waals surface area contributed by atoms with E-state index in [2.05, 4.69) is 18.9 Å². The van der Waals surface area contributed by atoms with Crippen LogP contribution in [-0.2, 0) is 6.54 Å². The number of aliphatic hydroxyl groups is 1. The van der Waals surface area contributed by atoms with E-state index < -0.39 is 0 Å². The lowest BCUT2D eigenvalue weighted by molar-refractivity contribution is -0.157. The van der Waals surface area contributed by atoms with Crippen LogP contribution in [0.1, 0.15) is 70.6 Å². The number of aliphatic hydroxyl groups excluding tert-OH is 1. The second-order valence-corrected chi connectivity index (χ2v) is 8.52. The Morgan fingerprint density at radius 1 is 1.33 bits per heavy atom. The average Bonchev–Trinajstić information content (AvgIpc) is 2.83. The van der Waals surface area contributed by atoms with Crippen molar-refractivity contribution in [3.63, 3.8) is 0 Å². The van der Waals surface area contributed by atoms with Gasteiger partial charge in [0.1, 0.15) is 6.10 Å². The maximum Gasteiger partial charge on any atom is 0.101 e. The normalized spacial score (nSPS) is 42.4. The van der Waals surface area contributed by atoms with Gasteiger partial charge in [0.15, 0.2) is 0 Å². The van der Waals surface area contributed by atoms with Crippen LogP contribution in [-0.4, -0.2) is 14.9 Å². The minimum atomic E-state index is -0.322. The molecule has 21 heavy (non-hydrogen) atoms. The molecule has 1 aromatic rings. The number of aromatic nitrogens is 2. The van der Waals surface area contributed by atoms with Crippen molar-refractivity contribution < 1.29 is 5.11 Å². The smallest absolute Gasteiger partial charge is 0.101 e. The largest absolute Gasteiger partial charge is 0.386 e. The number of hydrogen-bond acceptors (Lipinski definition) is 2. The van der Waals surface area contributed by atoms with Crippen LogP contribution in [0.25, 0.3) is 0 Å². The van der Waals surface area contributed by atoms with Crippen molar-refractivity contribution in [2.75, 3.05) is 0 Å². The van der Waals surface area contributed by atoms with Crippen molar-refractivity contribution in [3.05, 3.63) is 18.0 Å². The SMILES string of the molecule is CCCn1nccc1C(O)C12CC3CC(CC(C)(C3)C1)C2. The zero-order chi connectivity index (χ0) is 14.7. The van der Waals surface area contributed by atoms with Crippen molar-refractivity contribution in [1.82, 2.24) is 9.78 Å². The van der Waals surface area contributed by atoms with Crippen LogP contribution in [0, 0.1) is 22.7 Å². The van der Waals surface area contributed by atoms with Crippen molar-refractivity contribution >= 4 is 0 Å². The van der Waals surface area contributed by atoms with Gasteiger partial charge in [-0.25, -0.2) is 0 Å². The molecule has 0 saturated heterocycles. The number of rotatable bonds is 4. The molecule has 1 N–H and O–H groups in total. The fourth-order valence-corrected chi connectivity index (χ4v) is 6.41. The third-order valence-corrected chi connectivity index (χ3v) is 6.44. The van der Waals surface area contributed by atoms with E-state index in [1.165, 1.54) is 38.5 Å². The maximum atomic E-state index is 11.2. The Bertz CT molecular complexity index is 521.